The van der Waals surface area contributed by atoms with Crippen LogP contribution in [0.2, 0.25) is 0 Å². The molecule has 316 valence electrons. The second kappa shape index (κ2) is 18.7. The molecule has 0 amide bonds. The fourth-order valence-corrected chi connectivity index (χ4v) is 9.85. The largest absolute Gasteiger partial charge is 0.504 e. The number of benzene rings is 3. The van der Waals surface area contributed by atoms with Gasteiger partial charge in [-0.1, -0.05) is 6.07 Å². The second-order valence-corrected chi connectivity index (χ2v) is 16.0. The molecule has 0 radical (unpaired) electrons. The molecule has 0 saturated heterocycles. The van der Waals surface area contributed by atoms with Crippen LogP contribution >= 0.6 is 11.8 Å². The van der Waals surface area contributed by atoms with Crippen molar-refractivity contribution in [2.75, 3.05) is 72.9 Å². The van der Waals surface area contributed by atoms with Crippen LogP contribution < -0.4 is 29.0 Å². The molecule has 0 aliphatic carbocycles. The van der Waals surface area contributed by atoms with Gasteiger partial charge >= 0.3 is 11.9 Å². The Morgan fingerprint density at radius 1 is 1.00 bits per heavy atom. The SMILES string of the molecule is CN[C@@H]1c2c(cc(C)c(OC)c2O)CCCN([C@@H](COC(=O)C2c3cc(OC)c(O)cc3CCN2CCCO)c2c(C)c(OC(C)=O)c(C)c3c2OCO3)C1CSC. The Hall–Kier alpha value is -4.41. The molecule has 15 heteroatoms. The lowest BCUT2D eigenvalue weighted by atomic mass is 9.85. The van der Waals surface area contributed by atoms with Crippen LogP contribution in [0.3, 0.4) is 0 Å². The Kier molecular flexibility index (Phi) is 13.9. The van der Waals surface area contributed by atoms with Crippen LogP contribution in [0.4, 0.5) is 0 Å². The van der Waals surface area contributed by atoms with Crippen LogP contribution in [0.15, 0.2) is 18.2 Å². The highest BCUT2D eigenvalue weighted by atomic mass is 32.2. The minimum atomic E-state index is -0.842. The molecule has 3 aliphatic rings. The number of phenols is 2. The first-order chi connectivity index (χ1) is 27.9. The molecule has 3 aromatic carbocycles. The highest BCUT2D eigenvalue weighted by Crippen LogP contribution is 2.52. The quantitative estimate of drug-likeness (QED) is 0.124. The minimum Gasteiger partial charge on any atom is -0.504 e. The van der Waals surface area contributed by atoms with E-state index in [9.17, 15) is 24.9 Å². The summed E-state index contributed by atoms with van der Waals surface area (Å²) in [7, 11) is 4.90. The van der Waals surface area contributed by atoms with Crippen molar-refractivity contribution in [3.8, 4) is 40.2 Å². The minimum absolute atomic E-state index is 0.0110. The van der Waals surface area contributed by atoms with Crippen LogP contribution in [0, 0.1) is 20.8 Å². The fourth-order valence-electron chi connectivity index (χ4n) is 9.12. The number of aliphatic hydroxyl groups is 1. The van der Waals surface area contributed by atoms with E-state index >= 15 is 0 Å². The van der Waals surface area contributed by atoms with Crippen LogP contribution in [-0.2, 0) is 27.2 Å². The maximum Gasteiger partial charge on any atom is 0.328 e. The van der Waals surface area contributed by atoms with E-state index in [1.807, 2.05) is 39.0 Å². The van der Waals surface area contributed by atoms with Gasteiger partial charge in [-0.25, -0.2) is 4.79 Å². The van der Waals surface area contributed by atoms with E-state index < -0.39 is 30.1 Å². The Labute approximate surface area is 344 Å². The van der Waals surface area contributed by atoms with Gasteiger partial charge in [-0.05, 0) is 101 Å². The molecule has 0 bridgehead atoms. The van der Waals surface area contributed by atoms with E-state index in [1.54, 1.807) is 31.0 Å². The van der Waals surface area contributed by atoms with Crippen molar-refractivity contribution >= 4 is 23.7 Å². The van der Waals surface area contributed by atoms with Crippen LogP contribution in [-0.4, -0.2) is 116 Å². The van der Waals surface area contributed by atoms with E-state index in [1.165, 1.54) is 14.0 Å². The molecule has 4 atom stereocenters. The average Bonchev–Trinajstić information content (AvgIpc) is 3.68. The number of fused-ring (bicyclic) bond motifs is 3. The third-order valence-electron chi connectivity index (χ3n) is 11.6. The summed E-state index contributed by atoms with van der Waals surface area (Å²) in [6, 6.07) is 3.27. The number of phenolic OH excluding ortho intramolecular Hbond substituents is 2. The van der Waals surface area contributed by atoms with Crippen molar-refractivity contribution in [1.29, 1.82) is 0 Å². The van der Waals surface area contributed by atoms with Crippen molar-refractivity contribution in [2.24, 2.45) is 0 Å². The van der Waals surface area contributed by atoms with Crippen molar-refractivity contribution in [2.45, 2.75) is 77.5 Å². The van der Waals surface area contributed by atoms with Gasteiger partial charge in [0.1, 0.15) is 18.4 Å². The standard InChI is InChI=1S/C43H57N3O11S/c1-23-17-28-11-9-14-46(31(21-58-8)36(44-5)35(28)38(50)39(23)53-7)30(34-24(2)40(57-26(4)48)25(3)41-42(34)56-22-55-41)20-54-43(51)37-29-19-33(52-6)32(49)18-27(29)12-15-45(37)13-10-16-47/h17-19,30-31,36-37,44,47,49-50H,9-16,20-22H2,1-8H3/t30-,31?,36-,37?/m0/s1. The molecule has 3 heterocycles. The van der Waals surface area contributed by atoms with Gasteiger partial charge in [-0.3, -0.25) is 14.6 Å². The lowest BCUT2D eigenvalue weighted by molar-refractivity contribution is -0.153. The average molecular weight is 824 g/mol. The van der Waals surface area contributed by atoms with Gasteiger partial charge in [-0.15, -0.1) is 0 Å². The number of hydrogen-bond donors (Lipinski definition) is 4. The van der Waals surface area contributed by atoms with Crippen molar-refractivity contribution in [1.82, 2.24) is 15.1 Å². The molecule has 6 rings (SSSR count). The molecule has 0 fully saturated rings. The summed E-state index contributed by atoms with van der Waals surface area (Å²) < 4.78 is 35.8. The zero-order chi connectivity index (χ0) is 41.8. The van der Waals surface area contributed by atoms with Gasteiger partial charge in [0.2, 0.25) is 6.79 Å². The Balaban J connectivity index is 1.51. The number of carbonyl (C=O) groups is 2. The van der Waals surface area contributed by atoms with Crippen molar-refractivity contribution < 1.29 is 53.3 Å². The summed E-state index contributed by atoms with van der Waals surface area (Å²) in [5, 5.41) is 35.8. The zero-order valence-corrected chi connectivity index (χ0v) is 35.5. The normalized spacial score (nSPS) is 19.7. The molecule has 2 unspecified atom stereocenters. The summed E-state index contributed by atoms with van der Waals surface area (Å²) in [5.74, 6) is 1.69. The molecule has 3 aliphatic heterocycles. The molecule has 0 saturated carbocycles. The summed E-state index contributed by atoms with van der Waals surface area (Å²) in [6.45, 7) is 8.32. The van der Waals surface area contributed by atoms with Crippen molar-refractivity contribution in [3.05, 3.63) is 62.7 Å². The number of ether oxygens (including phenoxy) is 6. The number of likely N-dealkylation sites (N-methyl/N-ethyl adjacent to an activating group) is 1. The third kappa shape index (κ3) is 8.24. The van der Waals surface area contributed by atoms with E-state index in [-0.39, 0.29) is 43.3 Å². The highest BCUT2D eigenvalue weighted by Gasteiger charge is 2.43. The maximum atomic E-state index is 14.7. The molecule has 14 nitrogen and oxygen atoms in total. The Morgan fingerprint density at radius 3 is 2.43 bits per heavy atom. The second-order valence-electron chi connectivity index (χ2n) is 15.1. The first kappa shape index (κ1) is 43.2. The van der Waals surface area contributed by atoms with Gasteiger partial charge in [0.05, 0.1) is 26.3 Å². The molecule has 4 N–H and O–H groups in total. The van der Waals surface area contributed by atoms with E-state index in [0.717, 1.165) is 22.3 Å². The lowest BCUT2D eigenvalue weighted by Gasteiger charge is -2.44. The zero-order valence-electron chi connectivity index (χ0n) is 34.7. The number of nitrogens with zero attached hydrogens (tertiary/aromatic N) is 2. The smallest absolute Gasteiger partial charge is 0.328 e. The number of nitrogens with one attached hydrogen (secondary N) is 1. The van der Waals surface area contributed by atoms with Gasteiger partial charge < -0.3 is 49.1 Å². The third-order valence-corrected chi connectivity index (χ3v) is 12.3. The van der Waals surface area contributed by atoms with E-state index in [0.29, 0.717) is 96.3 Å². The van der Waals surface area contributed by atoms with Gasteiger partial charge in [-0.2, -0.15) is 11.8 Å². The summed E-state index contributed by atoms with van der Waals surface area (Å²) in [6.07, 6.45) is 4.45. The topological polar surface area (TPSA) is 169 Å². The summed E-state index contributed by atoms with van der Waals surface area (Å²) in [5.41, 5.74) is 6.06. The van der Waals surface area contributed by atoms with Crippen LogP contribution in [0.5, 0.6) is 40.2 Å². The first-order valence-electron chi connectivity index (χ1n) is 19.7. The number of aromatic hydroxyl groups is 2. The molecule has 58 heavy (non-hydrogen) atoms. The van der Waals surface area contributed by atoms with Crippen molar-refractivity contribution in [3.63, 3.8) is 0 Å². The maximum absolute atomic E-state index is 14.7. The molecular weight excluding hydrogens is 767 g/mol. The van der Waals surface area contributed by atoms with Gasteiger partial charge in [0, 0.05) is 60.7 Å². The van der Waals surface area contributed by atoms with Crippen LogP contribution in [0.25, 0.3) is 0 Å². The Bertz CT molecular complexity index is 2010. The number of methoxy groups -OCH3 is 2. The van der Waals surface area contributed by atoms with Gasteiger partial charge in [0.25, 0.3) is 0 Å². The van der Waals surface area contributed by atoms with Gasteiger partial charge in [0.15, 0.2) is 34.5 Å². The Morgan fingerprint density at radius 2 is 1.76 bits per heavy atom. The number of aryl methyl sites for hydroxylation is 2. The summed E-state index contributed by atoms with van der Waals surface area (Å²) in [4.78, 5) is 31.6. The number of rotatable bonds is 14. The molecule has 3 aromatic rings. The summed E-state index contributed by atoms with van der Waals surface area (Å²) >= 11 is 1.66. The molecule has 0 spiro atoms. The number of esters is 2. The fraction of sp³-hybridized carbons (Fsp3) is 0.535. The first-order valence-corrected chi connectivity index (χ1v) is 21.1. The molecule has 0 aromatic heterocycles. The number of thioether (sulfide) groups is 1. The number of hydrogen-bond acceptors (Lipinski definition) is 15. The lowest BCUT2D eigenvalue weighted by Crippen LogP contribution is -2.50. The molecular formula is C43H57N3O11S. The predicted molar refractivity (Wildman–Crippen MR) is 220 cm³/mol. The predicted octanol–water partition coefficient (Wildman–Crippen LogP) is 5.20. The number of aliphatic hydroxyl groups excluding tert-OH is 1. The highest BCUT2D eigenvalue weighted by molar-refractivity contribution is 7.98. The van der Waals surface area contributed by atoms with E-state index in [2.05, 4.69) is 16.3 Å². The van der Waals surface area contributed by atoms with E-state index in [4.69, 9.17) is 28.4 Å². The van der Waals surface area contributed by atoms with Crippen LogP contribution in [0.1, 0.15) is 82.4 Å². The number of carbonyl (C=O) groups excluding carboxylic acids is 2. The monoisotopic (exact) mass is 823 g/mol.